The van der Waals surface area contributed by atoms with Gasteiger partial charge in [-0.1, -0.05) is 6.07 Å². The van der Waals surface area contributed by atoms with Gasteiger partial charge in [-0.25, -0.2) is 0 Å². The molecule has 0 radical (unpaired) electrons. The summed E-state index contributed by atoms with van der Waals surface area (Å²) in [4.78, 5) is 4.37. The highest BCUT2D eigenvalue weighted by molar-refractivity contribution is 6.17. The molecule has 1 atom stereocenters. The Morgan fingerprint density at radius 3 is 3.00 bits per heavy atom. The molecule has 1 aromatic heterocycles. The minimum absolute atomic E-state index is 0.541. The topological polar surface area (TPSA) is 22.1 Å². The fourth-order valence-electron chi connectivity index (χ4n) is 1.70. The summed E-state index contributed by atoms with van der Waals surface area (Å²) in [6.07, 6.45) is 4.06. The van der Waals surface area contributed by atoms with Crippen LogP contribution in [0.5, 0.6) is 0 Å². The lowest BCUT2D eigenvalue weighted by Crippen LogP contribution is -2.05. The number of hydrogen-bond donors (Lipinski definition) is 0. The van der Waals surface area contributed by atoms with Gasteiger partial charge in [-0.3, -0.25) is 4.98 Å². The van der Waals surface area contributed by atoms with Crippen LogP contribution >= 0.6 is 11.6 Å². The Morgan fingerprint density at radius 1 is 1.50 bits per heavy atom. The van der Waals surface area contributed by atoms with Crippen molar-refractivity contribution in [3.05, 3.63) is 29.6 Å². The largest absolute Gasteiger partial charge is 0.381 e. The highest BCUT2D eigenvalue weighted by atomic mass is 35.5. The third kappa shape index (κ3) is 2.46. The van der Waals surface area contributed by atoms with E-state index >= 15 is 0 Å². The molecule has 3 heteroatoms. The second-order valence-corrected chi connectivity index (χ2v) is 3.99. The zero-order valence-electron chi connectivity index (χ0n) is 8.08. The summed E-state index contributed by atoms with van der Waals surface area (Å²) in [5.41, 5.74) is 2.23. The third-order valence-corrected chi connectivity index (χ3v) is 2.87. The van der Waals surface area contributed by atoms with Crippen LogP contribution in [-0.2, 0) is 17.0 Å². The predicted octanol–water partition coefficient (Wildman–Crippen LogP) is 2.40. The Labute approximate surface area is 89.3 Å². The van der Waals surface area contributed by atoms with E-state index < -0.39 is 0 Å². The van der Waals surface area contributed by atoms with Crippen molar-refractivity contribution in [2.45, 2.75) is 18.7 Å². The molecule has 14 heavy (non-hydrogen) atoms. The van der Waals surface area contributed by atoms with Crippen molar-refractivity contribution in [2.24, 2.45) is 5.92 Å². The monoisotopic (exact) mass is 211 g/mol. The van der Waals surface area contributed by atoms with E-state index in [0.29, 0.717) is 11.8 Å². The molecule has 2 nitrogen and oxygen atoms in total. The maximum atomic E-state index is 5.69. The predicted molar refractivity (Wildman–Crippen MR) is 56.4 cm³/mol. The van der Waals surface area contributed by atoms with Crippen molar-refractivity contribution in [1.82, 2.24) is 4.98 Å². The molecule has 76 valence electrons. The Hall–Kier alpha value is -0.600. The van der Waals surface area contributed by atoms with Crippen LogP contribution in [0.15, 0.2) is 18.3 Å². The molecule has 1 unspecified atom stereocenters. The maximum Gasteiger partial charge on any atom is 0.0498 e. The molecule has 0 saturated carbocycles. The highest BCUT2D eigenvalue weighted by Crippen LogP contribution is 2.17. The van der Waals surface area contributed by atoms with E-state index in [1.54, 1.807) is 0 Å². The minimum Gasteiger partial charge on any atom is -0.381 e. The molecule has 2 heterocycles. The standard InChI is InChI=1S/C11H14ClNO/c12-6-10-1-2-11(13-7-10)5-9-3-4-14-8-9/h1-2,7,9H,3-6,8H2. The highest BCUT2D eigenvalue weighted by Gasteiger charge is 2.16. The zero-order valence-corrected chi connectivity index (χ0v) is 8.83. The second-order valence-electron chi connectivity index (χ2n) is 3.73. The molecule has 0 aromatic carbocycles. The molecule has 1 aliphatic rings. The molecule has 0 amide bonds. The van der Waals surface area contributed by atoms with Crippen LogP contribution < -0.4 is 0 Å². The summed E-state index contributed by atoms with van der Waals surface area (Å²) in [5.74, 6) is 1.20. The van der Waals surface area contributed by atoms with Gasteiger partial charge in [-0.15, -0.1) is 11.6 Å². The van der Waals surface area contributed by atoms with Crippen LogP contribution in [0, 0.1) is 5.92 Å². The lowest BCUT2D eigenvalue weighted by atomic mass is 10.0. The lowest BCUT2D eigenvalue weighted by Gasteiger charge is -2.06. The Morgan fingerprint density at radius 2 is 2.43 bits per heavy atom. The Kier molecular flexibility index (Phi) is 3.38. The minimum atomic E-state index is 0.541. The van der Waals surface area contributed by atoms with Gasteiger partial charge in [0.15, 0.2) is 0 Å². The van der Waals surface area contributed by atoms with Crippen molar-refractivity contribution in [3.63, 3.8) is 0 Å². The van der Waals surface area contributed by atoms with Crippen LogP contribution in [0.2, 0.25) is 0 Å². The fraction of sp³-hybridized carbons (Fsp3) is 0.545. The number of nitrogens with zero attached hydrogens (tertiary/aromatic N) is 1. The van der Waals surface area contributed by atoms with E-state index in [9.17, 15) is 0 Å². The average Bonchev–Trinajstić information content (AvgIpc) is 2.72. The van der Waals surface area contributed by atoms with Crippen molar-refractivity contribution in [1.29, 1.82) is 0 Å². The van der Waals surface area contributed by atoms with Crippen LogP contribution in [0.1, 0.15) is 17.7 Å². The quantitative estimate of drug-likeness (QED) is 0.717. The van der Waals surface area contributed by atoms with Gasteiger partial charge in [0.25, 0.3) is 0 Å². The number of ether oxygens (including phenoxy) is 1. The summed E-state index contributed by atoms with van der Waals surface area (Å²) in [6.45, 7) is 1.80. The van der Waals surface area contributed by atoms with Crippen molar-refractivity contribution in [3.8, 4) is 0 Å². The first kappa shape index (κ1) is 9.94. The summed E-state index contributed by atoms with van der Waals surface area (Å²) in [5, 5.41) is 0. The van der Waals surface area contributed by atoms with Gasteiger partial charge in [-0.2, -0.15) is 0 Å². The number of aromatic nitrogens is 1. The number of alkyl halides is 1. The van der Waals surface area contributed by atoms with Gasteiger partial charge in [0.1, 0.15) is 0 Å². The summed E-state index contributed by atoms with van der Waals surface area (Å²) in [6, 6.07) is 4.11. The summed E-state index contributed by atoms with van der Waals surface area (Å²) in [7, 11) is 0. The van der Waals surface area contributed by atoms with Crippen molar-refractivity contribution in [2.75, 3.05) is 13.2 Å². The van der Waals surface area contributed by atoms with E-state index in [1.165, 1.54) is 6.42 Å². The van der Waals surface area contributed by atoms with Crippen LogP contribution in [-0.4, -0.2) is 18.2 Å². The first-order valence-electron chi connectivity index (χ1n) is 4.96. The molecule has 1 aliphatic heterocycles. The Bertz CT molecular complexity index is 280. The maximum absolute atomic E-state index is 5.69. The number of rotatable bonds is 3. The van der Waals surface area contributed by atoms with Crippen molar-refractivity contribution >= 4 is 11.6 Å². The average molecular weight is 212 g/mol. The molecule has 0 spiro atoms. The molecule has 1 fully saturated rings. The van der Waals surface area contributed by atoms with E-state index in [2.05, 4.69) is 11.1 Å². The number of pyridine rings is 1. The molecule has 1 saturated heterocycles. The summed E-state index contributed by atoms with van der Waals surface area (Å²) >= 11 is 5.69. The zero-order chi connectivity index (χ0) is 9.80. The van der Waals surface area contributed by atoms with Gasteiger partial charge in [0.2, 0.25) is 0 Å². The molecule has 0 N–H and O–H groups in total. The first-order valence-corrected chi connectivity index (χ1v) is 5.49. The molecule has 0 aliphatic carbocycles. The molecular formula is C11H14ClNO. The van der Waals surface area contributed by atoms with Gasteiger partial charge in [-0.05, 0) is 30.4 Å². The van der Waals surface area contributed by atoms with Gasteiger partial charge in [0.05, 0.1) is 0 Å². The van der Waals surface area contributed by atoms with Crippen LogP contribution in [0.3, 0.4) is 0 Å². The van der Waals surface area contributed by atoms with Crippen molar-refractivity contribution < 1.29 is 4.74 Å². The first-order chi connectivity index (χ1) is 6.88. The summed E-state index contributed by atoms with van der Waals surface area (Å²) < 4.78 is 5.33. The van der Waals surface area contributed by atoms with E-state index in [-0.39, 0.29) is 0 Å². The van der Waals surface area contributed by atoms with Crippen LogP contribution in [0.25, 0.3) is 0 Å². The van der Waals surface area contributed by atoms with E-state index in [1.807, 2.05) is 12.3 Å². The van der Waals surface area contributed by atoms with Crippen LogP contribution in [0.4, 0.5) is 0 Å². The Balaban J connectivity index is 1.95. The lowest BCUT2D eigenvalue weighted by molar-refractivity contribution is 0.185. The van der Waals surface area contributed by atoms with Gasteiger partial charge >= 0.3 is 0 Å². The normalized spacial score (nSPS) is 21.4. The third-order valence-electron chi connectivity index (χ3n) is 2.56. The molecular weight excluding hydrogens is 198 g/mol. The second kappa shape index (κ2) is 4.76. The number of hydrogen-bond acceptors (Lipinski definition) is 2. The van der Waals surface area contributed by atoms with Gasteiger partial charge in [0, 0.05) is 31.0 Å². The smallest absolute Gasteiger partial charge is 0.0498 e. The van der Waals surface area contributed by atoms with E-state index in [4.69, 9.17) is 16.3 Å². The SMILES string of the molecule is ClCc1ccc(CC2CCOC2)nc1. The van der Waals surface area contributed by atoms with E-state index in [0.717, 1.165) is 30.9 Å². The molecule has 0 bridgehead atoms. The molecule has 1 aromatic rings. The fourth-order valence-corrected chi connectivity index (χ4v) is 1.85. The van der Waals surface area contributed by atoms with Gasteiger partial charge < -0.3 is 4.74 Å². The number of halogens is 1. The molecule has 2 rings (SSSR count).